The van der Waals surface area contributed by atoms with Crippen molar-refractivity contribution in [1.82, 2.24) is 10.6 Å². The summed E-state index contributed by atoms with van der Waals surface area (Å²) in [6.07, 6.45) is 1.79. The molecular weight excluding hydrogens is 180 g/mol. The number of hydrogen-bond donors (Lipinski definition) is 2. The smallest absolute Gasteiger partial charge is 0.218 e. The van der Waals surface area contributed by atoms with Crippen molar-refractivity contribution in [2.45, 2.75) is 20.0 Å². The van der Waals surface area contributed by atoms with Gasteiger partial charge >= 0.3 is 0 Å². The molecule has 2 N–H and O–H groups in total. The molecule has 1 atom stereocenters. The molecule has 0 aliphatic rings. The van der Waals surface area contributed by atoms with Gasteiger partial charge in [-0.3, -0.25) is 4.79 Å². The summed E-state index contributed by atoms with van der Waals surface area (Å²) < 4.78 is 0.686. The Morgan fingerprint density at radius 2 is 2.09 bits per heavy atom. The summed E-state index contributed by atoms with van der Waals surface area (Å²) in [5.41, 5.74) is 0. The minimum absolute atomic E-state index is 0.0612. The van der Waals surface area contributed by atoms with Crippen LogP contribution in [0.4, 0.5) is 0 Å². The molecule has 0 aliphatic carbocycles. The van der Waals surface area contributed by atoms with Crippen LogP contribution in [0.5, 0.6) is 0 Å². The Kier molecular flexibility index (Phi) is 5.23. The largest absolute Gasteiger partial charge is 0.351 e. The molecule has 1 unspecified atom stereocenters. The van der Waals surface area contributed by atoms with Gasteiger partial charge in [0, 0.05) is 6.92 Å². The highest BCUT2D eigenvalue weighted by atomic mass is 32.2. The molecule has 0 aromatic heterocycles. The van der Waals surface area contributed by atoms with Crippen LogP contribution in [0.15, 0.2) is 0 Å². The minimum atomic E-state index is -0.0903. The van der Waals surface area contributed by atoms with E-state index in [1.165, 1.54) is 18.7 Å². The summed E-state index contributed by atoms with van der Waals surface area (Å²) in [4.78, 5) is 10.5. The molecule has 0 rings (SSSR count). The first kappa shape index (κ1) is 10.7. The fourth-order valence-electron chi connectivity index (χ4n) is 0.577. The standard InChI is InChI=1S/C6H12N2OS2/c1-4(7-5(2)9)8-6(10)11-3/h4H,1-3H3,(H,7,9)(H,8,10). The van der Waals surface area contributed by atoms with Crippen molar-refractivity contribution in [3.8, 4) is 0 Å². The highest BCUT2D eigenvalue weighted by Crippen LogP contribution is 1.94. The van der Waals surface area contributed by atoms with Crippen LogP contribution in [0.3, 0.4) is 0 Å². The molecule has 0 saturated carbocycles. The summed E-state index contributed by atoms with van der Waals surface area (Å²) in [6.45, 7) is 3.31. The second kappa shape index (κ2) is 5.37. The molecule has 5 heteroatoms. The van der Waals surface area contributed by atoms with E-state index in [4.69, 9.17) is 12.2 Å². The van der Waals surface area contributed by atoms with Crippen molar-refractivity contribution < 1.29 is 4.79 Å². The Labute approximate surface area is 76.3 Å². The van der Waals surface area contributed by atoms with Crippen LogP contribution < -0.4 is 10.6 Å². The second-order valence-electron chi connectivity index (χ2n) is 2.06. The number of rotatable bonds is 2. The average molecular weight is 192 g/mol. The molecule has 0 bridgehead atoms. The van der Waals surface area contributed by atoms with E-state index in [0.717, 1.165) is 0 Å². The summed E-state index contributed by atoms with van der Waals surface area (Å²) in [6, 6.07) is 0. The first-order chi connectivity index (χ1) is 5.06. The van der Waals surface area contributed by atoms with Gasteiger partial charge in [0.15, 0.2) is 0 Å². The van der Waals surface area contributed by atoms with Gasteiger partial charge in [0.2, 0.25) is 5.91 Å². The van der Waals surface area contributed by atoms with Gasteiger partial charge in [-0.05, 0) is 13.2 Å². The van der Waals surface area contributed by atoms with Crippen LogP contribution in [-0.2, 0) is 4.79 Å². The molecule has 0 aromatic carbocycles. The number of carbonyl (C=O) groups excluding carboxylic acids is 1. The Morgan fingerprint density at radius 1 is 1.55 bits per heavy atom. The first-order valence-electron chi connectivity index (χ1n) is 3.18. The molecule has 1 amide bonds. The number of hydrogen-bond acceptors (Lipinski definition) is 3. The molecule has 0 spiro atoms. The van der Waals surface area contributed by atoms with E-state index in [9.17, 15) is 4.79 Å². The first-order valence-corrected chi connectivity index (χ1v) is 4.81. The molecule has 11 heavy (non-hydrogen) atoms. The average Bonchev–Trinajstić information content (AvgIpc) is 1.85. The van der Waals surface area contributed by atoms with E-state index in [0.29, 0.717) is 4.32 Å². The van der Waals surface area contributed by atoms with E-state index >= 15 is 0 Å². The number of amides is 1. The molecule has 64 valence electrons. The summed E-state index contributed by atoms with van der Waals surface area (Å²) >= 11 is 6.33. The van der Waals surface area contributed by atoms with Crippen molar-refractivity contribution in [3.63, 3.8) is 0 Å². The third-order valence-corrected chi connectivity index (χ3v) is 2.05. The molecule has 3 nitrogen and oxygen atoms in total. The topological polar surface area (TPSA) is 41.1 Å². The van der Waals surface area contributed by atoms with Crippen molar-refractivity contribution in [1.29, 1.82) is 0 Å². The molecule has 0 aliphatic heterocycles. The van der Waals surface area contributed by atoms with Gasteiger partial charge in [-0.25, -0.2) is 0 Å². The summed E-state index contributed by atoms with van der Waals surface area (Å²) in [7, 11) is 0. The fraction of sp³-hybridized carbons (Fsp3) is 0.667. The zero-order valence-corrected chi connectivity index (χ0v) is 8.44. The van der Waals surface area contributed by atoms with Crippen LogP contribution >= 0.6 is 24.0 Å². The van der Waals surface area contributed by atoms with E-state index in [2.05, 4.69) is 10.6 Å². The molecular formula is C6H12N2OS2. The maximum Gasteiger partial charge on any atom is 0.218 e. The van der Waals surface area contributed by atoms with Crippen LogP contribution in [-0.4, -0.2) is 22.6 Å². The zero-order chi connectivity index (χ0) is 8.85. The Morgan fingerprint density at radius 3 is 2.45 bits per heavy atom. The third-order valence-electron chi connectivity index (χ3n) is 0.940. The highest BCUT2D eigenvalue weighted by molar-refractivity contribution is 8.22. The van der Waals surface area contributed by atoms with Gasteiger partial charge in [0.05, 0.1) is 6.17 Å². The lowest BCUT2D eigenvalue weighted by atomic mass is 10.5. The molecule has 0 heterocycles. The second-order valence-corrected chi connectivity index (χ2v) is 3.54. The monoisotopic (exact) mass is 192 g/mol. The van der Waals surface area contributed by atoms with Crippen molar-refractivity contribution in [2.24, 2.45) is 0 Å². The van der Waals surface area contributed by atoms with Crippen molar-refractivity contribution >= 4 is 34.2 Å². The van der Waals surface area contributed by atoms with Crippen LogP contribution in [0, 0.1) is 0 Å². The quantitative estimate of drug-likeness (QED) is 0.499. The lowest BCUT2D eigenvalue weighted by Gasteiger charge is -2.14. The predicted octanol–water partition coefficient (Wildman–Crippen LogP) is 0.706. The van der Waals surface area contributed by atoms with Gasteiger partial charge in [-0.2, -0.15) is 0 Å². The van der Waals surface area contributed by atoms with Crippen LogP contribution in [0.1, 0.15) is 13.8 Å². The Bertz CT molecular complexity index is 161. The maximum atomic E-state index is 10.5. The number of thioether (sulfide) groups is 1. The lowest BCUT2D eigenvalue weighted by molar-refractivity contribution is -0.119. The maximum absolute atomic E-state index is 10.5. The molecule has 0 radical (unpaired) electrons. The van der Waals surface area contributed by atoms with E-state index in [1.54, 1.807) is 0 Å². The van der Waals surface area contributed by atoms with Gasteiger partial charge in [0.1, 0.15) is 4.32 Å². The van der Waals surface area contributed by atoms with Gasteiger partial charge in [0.25, 0.3) is 0 Å². The number of nitrogens with one attached hydrogen (secondary N) is 2. The van der Waals surface area contributed by atoms with E-state index < -0.39 is 0 Å². The Balaban J connectivity index is 3.60. The molecule has 0 aromatic rings. The zero-order valence-electron chi connectivity index (χ0n) is 6.80. The van der Waals surface area contributed by atoms with Crippen molar-refractivity contribution in [3.05, 3.63) is 0 Å². The molecule has 0 saturated heterocycles. The highest BCUT2D eigenvalue weighted by Gasteiger charge is 2.02. The lowest BCUT2D eigenvalue weighted by Crippen LogP contribution is -2.43. The van der Waals surface area contributed by atoms with Gasteiger partial charge in [-0.15, -0.1) is 11.8 Å². The summed E-state index contributed by atoms with van der Waals surface area (Å²) in [5, 5.41) is 5.58. The normalized spacial score (nSPS) is 11.9. The Hall–Kier alpha value is -0.290. The predicted molar refractivity (Wildman–Crippen MR) is 52.5 cm³/mol. The van der Waals surface area contributed by atoms with E-state index in [1.807, 2.05) is 13.2 Å². The van der Waals surface area contributed by atoms with Crippen LogP contribution in [0.2, 0.25) is 0 Å². The number of thiocarbonyl (C=S) groups is 1. The van der Waals surface area contributed by atoms with Gasteiger partial charge < -0.3 is 10.6 Å². The van der Waals surface area contributed by atoms with Crippen LogP contribution in [0.25, 0.3) is 0 Å². The summed E-state index contributed by atoms with van der Waals surface area (Å²) in [5.74, 6) is -0.0612. The minimum Gasteiger partial charge on any atom is -0.351 e. The fourth-order valence-corrected chi connectivity index (χ4v) is 1.05. The van der Waals surface area contributed by atoms with E-state index in [-0.39, 0.29) is 12.1 Å². The molecule has 0 fully saturated rings. The number of carbonyl (C=O) groups is 1. The SMILES string of the molecule is CSC(=S)NC(C)NC(C)=O. The third kappa shape index (κ3) is 6.12. The van der Waals surface area contributed by atoms with Crippen molar-refractivity contribution in [2.75, 3.05) is 6.26 Å². The van der Waals surface area contributed by atoms with Gasteiger partial charge in [-0.1, -0.05) is 12.2 Å².